The highest BCUT2D eigenvalue weighted by Gasteiger charge is 2.29. The van der Waals surface area contributed by atoms with E-state index < -0.39 is 0 Å². The molecule has 41 heavy (non-hydrogen) atoms. The highest BCUT2D eigenvalue weighted by Crippen LogP contribution is 2.36. The molecule has 2 aliphatic heterocycles. The fraction of sp³-hybridized carbons (Fsp3) is 0.469. The van der Waals surface area contributed by atoms with Gasteiger partial charge in [0, 0.05) is 55.4 Å². The Balaban J connectivity index is 0.000000426. The topological polar surface area (TPSA) is 85.3 Å². The summed E-state index contributed by atoms with van der Waals surface area (Å²) in [4.78, 5) is 30.0. The molecule has 1 saturated heterocycles. The Labute approximate surface area is 244 Å². The van der Waals surface area contributed by atoms with Crippen LogP contribution in [-0.4, -0.2) is 90.8 Å². The third-order valence-electron chi connectivity index (χ3n) is 7.65. The number of nitrogens with zero attached hydrogens (tertiary/aromatic N) is 6. The van der Waals surface area contributed by atoms with Gasteiger partial charge in [-0.2, -0.15) is 9.97 Å². The second-order valence-electron chi connectivity index (χ2n) is 10.6. The van der Waals surface area contributed by atoms with Gasteiger partial charge in [-0.05, 0) is 56.9 Å². The standard InChI is InChI=1S/C25H27N5O3.C7H17N/c1-3-23(32)28-10-12-29(13-11-28)24-20-8-9-30(16-21(20)26-25(27-24)33-2)22-15-18(31)14-17-6-4-5-7-19(17)22;1-4-6-8(3)7-5-2/h3-7,14-15,31H,1,8-13,16H2,2H3;4-7H2,1-3H3. The lowest BCUT2D eigenvalue weighted by molar-refractivity contribution is -0.126. The van der Waals surface area contributed by atoms with Crippen LogP contribution in [0.2, 0.25) is 0 Å². The van der Waals surface area contributed by atoms with Gasteiger partial charge in [0.15, 0.2) is 0 Å². The number of piperazine rings is 1. The average Bonchev–Trinajstić information content (AvgIpc) is 3.00. The van der Waals surface area contributed by atoms with Crippen molar-refractivity contribution in [3.63, 3.8) is 0 Å². The molecule has 2 aromatic carbocycles. The number of hydrogen-bond donors (Lipinski definition) is 1. The summed E-state index contributed by atoms with van der Waals surface area (Å²) in [6.07, 6.45) is 4.70. The van der Waals surface area contributed by atoms with Crippen LogP contribution in [0.1, 0.15) is 37.9 Å². The molecule has 1 fully saturated rings. The van der Waals surface area contributed by atoms with Crippen molar-refractivity contribution >= 4 is 28.2 Å². The maximum Gasteiger partial charge on any atom is 0.318 e. The summed E-state index contributed by atoms with van der Waals surface area (Å²) in [5, 5.41) is 12.4. The molecule has 9 nitrogen and oxygen atoms in total. The Morgan fingerprint density at radius 2 is 1.76 bits per heavy atom. The molecule has 1 aromatic heterocycles. The molecular weight excluding hydrogens is 516 g/mol. The zero-order chi connectivity index (χ0) is 29.4. The predicted molar refractivity (Wildman–Crippen MR) is 166 cm³/mol. The molecule has 0 aliphatic carbocycles. The maximum atomic E-state index is 12.0. The fourth-order valence-corrected chi connectivity index (χ4v) is 5.63. The number of methoxy groups -OCH3 is 1. The third-order valence-corrected chi connectivity index (χ3v) is 7.65. The van der Waals surface area contributed by atoms with Gasteiger partial charge in [0.1, 0.15) is 11.6 Å². The molecular formula is C32H44N6O3. The lowest BCUT2D eigenvalue weighted by Crippen LogP contribution is -2.49. The Kier molecular flexibility index (Phi) is 10.4. The normalized spacial score (nSPS) is 14.9. The molecule has 3 aromatic rings. The number of phenols is 1. The summed E-state index contributed by atoms with van der Waals surface area (Å²) in [6, 6.07) is 12.0. The SMILES string of the molecule is C=CC(=O)N1CCN(c2nc(OC)nc3c2CCN(c2cc(O)cc4ccccc24)C3)CC1.CCCN(C)CCC. The lowest BCUT2D eigenvalue weighted by Gasteiger charge is -2.38. The van der Waals surface area contributed by atoms with Crippen LogP contribution >= 0.6 is 0 Å². The molecule has 0 bridgehead atoms. The summed E-state index contributed by atoms with van der Waals surface area (Å²) < 4.78 is 5.43. The average molecular weight is 561 g/mol. The number of aromatic hydroxyl groups is 1. The van der Waals surface area contributed by atoms with Gasteiger partial charge in [-0.15, -0.1) is 0 Å². The molecule has 0 saturated carbocycles. The largest absolute Gasteiger partial charge is 0.508 e. The first-order valence-electron chi connectivity index (χ1n) is 14.6. The predicted octanol–water partition coefficient (Wildman–Crippen LogP) is 4.48. The van der Waals surface area contributed by atoms with E-state index >= 15 is 0 Å². The monoisotopic (exact) mass is 560 g/mol. The number of amides is 1. The Hall–Kier alpha value is -3.85. The highest BCUT2D eigenvalue weighted by atomic mass is 16.5. The maximum absolute atomic E-state index is 12.0. The second-order valence-corrected chi connectivity index (χ2v) is 10.6. The molecule has 5 rings (SSSR count). The van der Waals surface area contributed by atoms with Gasteiger partial charge in [-0.3, -0.25) is 4.79 Å². The smallest absolute Gasteiger partial charge is 0.318 e. The van der Waals surface area contributed by atoms with Crippen molar-refractivity contribution < 1.29 is 14.6 Å². The van der Waals surface area contributed by atoms with Crippen LogP contribution in [-0.2, 0) is 17.8 Å². The first-order valence-corrected chi connectivity index (χ1v) is 14.6. The molecule has 3 heterocycles. The van der Waals surface area contributed by atoms with E-state index in [1.807, 2.05) is 29.2 Å². The van der Waals surface area contributed by atoms with Crippen molar-refractivity contribution in [1.82, 2.24) is 19.8 Å². The van der Waals surface area contributed by atoms with E-state index in [9.17, 15) is 9.90 Å². The molecule has 1 amide bonds. The van der Waals surface area contributed by atoms with Gasteiger partial charge in [-0.1, -0.05) is 44.7 Å². The van der Waals surface area contributed by atoms with Crippen molar-refractivity contribution in [2.45, 2.75) is 39.7 Å². The van der Waals surface area contributed by atoms with E-state index in [0.717, 1.165) is 46.5 Å². The number of phenolic OH excluding ortho intramolecular Hbond substituents is 1. The number of anilines is 2. The summed E-state index contributed by atoms with van der Waals surface area (Å²) in [5.41, 5.74) is 3.05. The van der Waals surface area contributed by atoms with Crippen LogP contribution in [0.3, 0.4) is 0 Å². The Morgan fingerprint density at radius 3 is 2.41 bits per heavy atom. The zero-order valence-electron chi connectivity index (χ0n) is 25.0. The molecule has 0 atom stereocenters. The number of fused-ring (bicyclic) bond motifs is 2. The van der Waals surface area contributed by atoms with Crippen LogP contribution in [0.4, 0.5) is 11.5 Å². The van der Waals surface area contributed by atoms with Crippen molar-refractivity contribution in [3.05, 3.63) is 60.3 Å². The van der Waals surface area contributed by atoms with E-state index in [1.54, 1.807) is 13.2 Å². The molecule has 0 unspecified atom stereocenters. The zero-order valence-corrected chi connectivity index (χ0v) is 25.0. The highest BCUT2D eigenvalue weighted by molar-refractivity contribution is 5.95. The van der Waals surface area contributed by atoms with E-state index in [1.165, 1.54) is 32.0 Å². The molecule has 0 spiro atoms. The van der Waals surface area contributed by atoms with E-state index in [4.69, 9.17) is 9.72 Å². The third kappa shape index (κ3) is 7.27. The number of aromatic nitrogens is 2. The minimum Gasteiger partial charge on any atom is -0.508 e. The van der Waals surface area contributed by atoms with Crippen LogP contribution in [0, 0.1) is 0 Å². The van der Waals surface area contributed by atoms with Crippen LogP contribution in [0.15, 0.2) is 49.1 Å². The number of carbonyl (C=O) groups is 1. The molecule has 0 radical (unpaired) electrons. The van der Waals surface area contributed by atoms with Gasteiger partial charge in [0.25, 0.3) is 0 Å². The number of carbonyl (C=O) groups excluding carboxylic acids is 1. The molecule has 1 N–H and O–H groups in total. The van der Waals surface area contributed by atoms with Crippen LogP contribution < -0.4 is 14.5 Å². The lowest BCUT2D eigenvalue weighted by atomic mass is 10.0. The minimum atomic E-state index is -0.0362. The van der Waals surface area contributed by atoms with E-state index in [-0.39, 0.29) is 11.7 Å². The van der Waals surface area contributed by atoms with Crippen LogP contribution in [0.5, 0.6) is 11.8 Å². The first-order chi connectivity index (χ1) is 19.9. The number of benzene rings is 2. The van der Waals surface area contributed by atoms with Crippen molar-refractivity contribution in [2.24, 2.45) is 0 Å². The van der Waals surface area contributed by atoms with E-state index in [0.29, 0.717) is 38.7 Å². The summed E-state index contributed by atoms with van der Waals surface area (Å²) >= 11 is 0. The van der Waals surface area contributed by atoms with Gasteiger partial charge in [0.05, 0.1) is 19.3 Å². The van der Waals surface area contributed by atoms with E-state index in [2.05, 4.69) is 53.2 Å². The Morgan fingerprint density at radius 1 is 1.05 bits per heavy atom. The van der Waals surface area contributed by atoms with Crippen molar-refractivity contribution in [3.8, 4) is 11.8 Å². The number of ether oxygens (including phenoxy) is 1. The molecule has 9 heteroatoms. The summed E-state index contributed by atoms with van der Waals surface area (Å²) in [5.74, 6) is 1.11. The molecule has 220 valence electrons. The quantitative estimate of drug-likeness (QED) is 0.404. The van der Waals surface area contributed by atoms with Gasteiger partial charge in [0.2, 0.25) is 5.91 Å². The Bertz CT molecular complexity index is 1330. The number of hydrogen-bond acceptors (Lipinski definition) is 8. The minimum absolute atomic E-state index is 0.0362. The van der Waals surface area contributed by atoms with Crippen molar-refractivity contribution in [1.29, 1.82) is 0 Å². The second kappa shape index (κ2) is 14.2. The molecule has 2 aliphatic rings. The fourth-order valence-electron chi connectivity index (χ4n) is 5.63. The van der Waals surface area contributed by atoms with Gasteiger partial charge in [-0.25, -0.2) is 0 Å². The number of rotatable bonds is 8. The van der Waals surface area contributed by atoms with Crippen LogP contribution in [0.25, 0.3) is 10.8 Å². The van der Waals surface area contributed by atoms with Gasteiger partial charge >= 0.3 is 6.01 Å². The van der Waals surface area contributed by atoms with Crippen molar-refractivity contribution in [2.75, 3.05) is 69.8 Å². The van der Waals surface area contributed by atoms with Gasteiger partial charge < -0.3 is 29.4 Å². The first kappa shape index (κ1) is 30.1. The summed E-state index contributed by atoms with van der Waals surface area (Å²) in [7, 11) is 3.75. The summed E-state index contributed by atoms with van der Waals surface area (Å²) in [6.45, 7) is 14.6.